The zero-order valence-corrected chi connectivity index (χ0v) is 14.3. The van der Waals surface area contributed by atoms with Crippen LogP contribution < -0.4 is 5.32 Å². The lowest BCUT2D eigenvalue weighted by Gasteiger charge is -2.06. The highest BCUT2D eigenvalue weighted by atomic mass is 32.2. The highest BCUT2D eigenvalue weighted by molar-refractivity contribution is 7.99. The smallest absolute Gasteiger partial charge is 0.224 e. The van der Waals surface area contributed by atoms with Gasteiger partial charge in [0.1, 0.15) is 5.82 Å². The van der Waals surface area contributed by atoms with Gasteiger partial charge in [-0.2, -0.15) is 0 Å². The van der Waals surface area contributed by atoms with E-state index in [0.29, 0.717) is 23.4 Å². The maximum absolute atomic E-state index is 12.2. The summed E-state index contributed by atoms with van der Waals surface area (Å²) in [5.74, 6) is 1.11. The largest absolute Gasteiger partial charge is 0.326 e. The van der Waals surface area contributed by atoms with Gasteiger partial charge in [0.25, 0.3) is 0 Å². The van der Waals surface area contributed by atoms with Gasteiger partial charge in [0, 0.05) is 24.7 Å². The quantitative estimate of drug-likeness (QED) is 0.623. The molecule has 23 heavy (non-hydrogen) atoms. The molecule has 2 rings (SSSR count). The Morgan fingerprint density at radius 3 is 2.48 bits per heavy atom. The van der Waals surface area contributed by atoms with Crippen molar-refractivity contribution in [2.75, 3.05) is 11.1 Å². The zero-order valence-electron chi connectivity index (χ0n) is 13.5. The lowest BCUT2D eigenvalue weighted by atomic mass is 10.1. The summed E-state index contributed by atoms with van der Waals surface area (Å²) in [5, 5.41) is 11.5. The number of nitrogens with zero attached hydrogens (tertiary/aromatic N) is 3. The fraction of sp³-hybridized carbons (Fsp3) is 0.375. The number of aryl methyl sites for hydroxylation is 1. The zero-order chi connectivity index (χ0) is 16.8. The molecule has 0 aliphatic carbocycles. The number of amides is 1. The summed E-state index contributed by atoms with van der Waals surface area (Å²) in [7, 11) is 1.87. The third-order valence-corrected chi connectivity index (χ3v) is 4.37. The summed E-state index contributed by atoms with van der Waals surface area (Å²) in [6.07, 6.45) is 1.30. The molecular weight excluding hydrogens is 312 g/mol. The molecule has 0 aliphatic rings. The van der Waals surface area contributed by atoms with Gasteiger partial charge < -0.3 is 9.88 Å². The molecule has 0 bridgehead atoms. The molecule has 6 nitrogen and oxygen atoms in total. The molecular formula is C16H20N4O2S. The molecule has 0 saturated carbocycles. The van der Waals surface area contributed by atoms with Crippen molar-refractivity contribution in [3.8, 4) is 0 Å². The van der Waals surface area contributed by atoms with Crippen molar-refractivity contribution >= 4 is 29.1 Å². The van der Waals surface area contributed by atoms with Gasteiger partial charge in [0.15, 0.2) is 10.9 Å². The predicted molar refractivity (Wildman–Crippen MR) is 90.8 cm³/mol. The van der Waals surface area contributed by atoms with Crippen LogP contribution in [0.15, 0.2) is 29.4 Å². The molecule has 1 aromatic carbocycles. The number of hydrogen-bond acceptors (Lipinski definition) is 5. The Morgan fingerprint density at radius 2 is 1.91 bits per heavy atom. The van der Waals surface area contributed by atoms with Gasteiger partial charge in [-0.1, -0.05) is 18.7 Å². The van der Waals surface area contributed by atoms with E-state index in [4.69, 9.17) is 0 Å². The Morgan fingerprint density at radius 1 is 1.22 bits per heavy atom. The van der Waals surface area contributed by atoms with Gasteiger partial charge in [-0.3, -0.25) is 9.59 Å². The molecule has 0 fully saturated rings. The standard InChI is InChI=1S/C16H20N4O2S/c1-4-5-15(22)17-13-8-6-12(7-9-13)14(21)10-23-16-19-18-11(2)20(16)3/h6-9H,4-5,10H2,1-3H3,(H,17,22). The molecule has 0 atom stereocenters. The van der Waals surface area contributed by atoms with E-state index in [1.54, 1.807) is 24.3 Å². The fourth-order valence-electron chi connectivity index (χ4n) is 1.92. The van der Waals surface area contributed by atoms with Crippen LogP contribution in [-0.2, 0) is 11.8 Å². The number of aromatic nitrogens is 3. The highest BCUT2D eigenvalue weighted by Crippen LogP contribution is 2.18. The van der Waals surface area contributed by atoms with Crippen molar-refractivity contribution in [1.29, 1.82) is 0 Å². The normalized spacial score (nSPS) is 10.6. The van der Waals surface area contributed by atoms with E-state index in [2.05, 4.69) is 15.5 Å². The first-order valence-corrected chi connectivity index (χ1v) is 8.41. The number of anilines is 1. The molecule has 1 aromatic heterocycles. The number of Topliss-reactive ketones (excluding diaryl/α,β-unsaturated/α-hetero) is 1. The molecule has 0 aliphatic heterocycles. The van der Waals surface area contributed by atoms with E-state index in [9.17, 15) is 9.59 Å². The average molecular weight is 332 g/mol. The summed E-state index contributed by atoms with van der Waals surface area (Å²) in [6, 6.07) is 6.95. The summed E-state index contributed by atoms with van der Waals surface area (Å²) in [6.45, 7) is 3.82. The minimum Gasteiger partial charge on any atom is -0.326 e. The van der Waals surface area contributed by atoms with Gasteiger partial charge in [-0.15, -0.1) is 10.2 Å². The maximum atomic E-state index is 12.2. The van der Waals surface area contributed by atoms with Crippen LogP contribution in [0.1, 0.15) is 35.9 Å². The minimum absolute atomic E-state index is 0.0141. The lowest BCUT2D eigenvalue weighted by Crippen LogP contribution is -2.11. The predicted octanol–water partition coefficient (Wildman–Crippen LogP) is 2.84. The van der Waals surface area contributed by atoms with Gasteiger partial charge in [-0.05, 0) is 37.6 Å². The van der Waals surface area contributed by atoms with Crippen molar-refractivity contribution in [2.24, 2.45) is 7.05 Å². The molecule has 1 heterocycles. The van der Waals surface area contributed by atoms with Crippen LogP contribution in [0.2, 0.25) is 0 Å². The third kappa shape index (κ3) is 4.66. The van der Waals surface area contributed by atoms with Crippen molar-refractivity contribution in [2.45, 2.75) is 31.8 Å². The van der Waals surface area contributed by atoms with Crippen molar-refractivity contribution in [1.82, 2.24) is 14.8 Å². The Bertz CT molecular complexity index is 695. The number of nitrogens with one attached hydrogen (secondary N) is 1. The molecule has 0 radical (unpaired) electrons. The van der Waals surface area contributed by atoms with Crippen LogP contribution in [-0.4, -0.2) is 32.2 Å². The summed E-state index contributed by atoms with van der Waals surface area (Å²) in [4.78, 5) is 23.7. The van der Waals surface area contributed by atoms with Crippen LogP contribution in [0, 0.1) is 6.92 Å². The van der Waals surface area contributed by atoms with E-state index in [-0.39, 0.29) is 11.7 Å². The molecule has 1 amide bonds. The summed E-state index contributed by atoms with van der Waals surface area (Å²) >= 11 is 1.36. The number of benzene rings is 1. The van der Waals surface area contributed by atoms with E-state index in [1.807, 2.05) is 25.5 Å². The van der Waals surface area contributed by atoms with Gasteiger partial charge in [0.2, 0.25) is 5.91 Å². The second-order valence-electron chi connectivity index (χ2n) is 5.18. The van der Waals surface area contributed by atoms with E-state index in [0.717, 1.165) is 17.4 Å². The van der Waals surface area contributed by atoms with Crippen LogP contribution in [0.4, 0.5) is 5.69 Å². The van der Waals surface area contributed by atoms with Crippen molar-refractivity contribution in [3.63, 3.8) is 0 Å². The fourth-order valence-corrected chi connectivity index (χ4v) is 2.77. The van der Waals surface area contributed by atoms with Gasteiger partial charge >= 0.3 is 0 Å². The summed E-state index contributed by atoms with van der Waals surface area (Å²) in [5.41, 5.74) is 1.32. The Hall–Kier alpha value is -2.15. The van der Waals surface area contributed by atoms with Crippen LogP contribution in [0.5, 0.6) is 0 Å². The number of hydrogen-bond donors (Lipinski definition) is 1. The Labute approximate surface area is 139 Å². The van der Waals surface area contributed by atoms with E-state index < -0.39 is 0 Å². The molecule has 0 unspecified atom stereocenters. The number of ketones is 1. The van der Waals surface area contributed by atoms with E-state index >= 15 is 0 Å². The first kappa shape index (κ1) is 17.2. The lowest BCUT2D eigenvalue weighted by molar-refractivity contribution is -0.116. The second-order valence-corrected chi connectivity index (χ2v) is 6.12. The molecule has 2 aromatic rings. The first-order valence-electron chi connectivity index (χ1n) is 7.43. The molecule has 1 N–H and O–H groups in total. The van der Waals surface area contributed by atoms with E-state index in [1.165, 1.54) is 11.8 Å². The first-order chi connectivity index (χ1) is 11.0. The Kier molecular flexibility index (Phi) is 5.92. The topological polar surface area (TPSA) is 76.9 Å². The second kappa shape index (κ2) is 7.92. The third-order valence-electron chi connectivity index (χ3n) is 3.35. The number of carbonyl (C=O) groups excluding carboxylic acids is 2. The van der Waals surface area contributed by atoms with Crippen molar-refractivity contribution < 1.29 is 9.59 Å². The monoisotopic (exact) mass is 332 g/mol. The minimum atomic E-state index is -0.0141. The number of thioether (sulfide) groups is 1. The molecule has 122 valence electrons. The molecule has 0 saturated heterocycles. The highest BCUT2D eigenvalue weighted by Gasteiger charge is 2.11. The Balaban J connectivity index is 1.92. The number of rotatable bonds is 7. The summed E-state index contributed by atoms with van der Waals surface area (Å²) < 4.78 is 1.85. The van der Waals surface area contributed by atoms with Crippen LogP contribution in [0.3, 0.4) is 0 Å². The maximum Gasteiger partial charge on any atom is 0.224 e. The van der Waals surface area contributed by atoms with Crippen molar-refractivity contribution in [3.05, 3.63) is 35.7 Å². The van der Waals surface area contributed by atoms with Crippen LogP contribution >= 0.6 is 11.8 Å². The molecule has 7 heteroatoms. The SMILES string of the molecule is CCCC(=O)Nc1ccc(C(=O)CSc2nnc(C)n2C)cc1. The number of carbonyl (C=O) groups is 2. The molecule has 0 spiro atoms. The van der Waals surface area contributed by atoms with Gasteiger partial charge in [-0.25, -0.2) is 0 Å². The van der Waals surface area contributed by atoms with Crippen LogP contribution in [0.25, 0.3) is 0 Å². The average Bonchev–Trinajstić information content (AvgIpc) is 2.85. The van der Waals surface area contributed by atoms with Gasteiger partial charge in [0.05, 0.1) is 5.75 Å².